The van der Waals surface area contributed by atoms with Gasteiger partial charge < -0.3 is 73.8 Å². The minimum absolute atomic E-state index is 0.0329. The van der Waals surface area contributed by atoms with E-state index in [0.29, 0.717) is 18.5 Å². The number of anilines is 1. The first-order chi connectivity index (χ1) is 34.6. The average molecular weight is 1160 g/mol. The molecule has 2 aromatic carbocycles. The molecule has 3 heterocycles. The van der Waals surface area contributed by atoms with Crippen LogP contribution >= 0.6 is 22.6 Å². The third kappa shape index (κ3) is 15.5. The number of cyclic esters (lactones) is 1. The van der Waals surface area contributed by atoms with Crippen molar-refractivity contribution in [2.75, 3.05) is 59.3 Å². The van der Waals surface area contributed by atoms with Gasteiger partial charge >= 0.3 is 18.0 Å². The Morgan fingerprint density at radius 3 is 2.24 bits per heavy atom. The fourth-order valence-corrected chi connectivity index (χ4v) is 11.6. The highest BCUT2D eigenvalue weighted by Gasteiger charge is 2.53. The molecule has 2 amide bonds. The monoisotopic (exact) mass is 1160 g/mol. The summed E-state index contributed by atoms with van der Waals surface area (Å²) >= 11 is 1.81. The van der Waals surface area contributed by atoms with Gasteiger partial charge in [0.1, 0.15) is 23.9 Å². The topological polar surface area (TPSA) is 239 Å². The molecule has 2 aromatic rings. The van der Waals surface area contributed by atoms with E-state index in [4.69, 9.17) is 33.2 Å². The molecule has 3 fully saturated rings. The van der Waals surface area contributed by atoms with E-state index in [-0.39, 0.29) is 70.1 Å². The molecule has 3 aliphatic heterocycles. The van der Waals surface area contributed by atoms with Crippen LogP contribution in [0.15, 0.2) is 42.5 Å². The van der Waals surface area contributed by atoms with E-state index in [1.807, 2.05) is 103 Å². The summed E-state index contributed by atoms with van der Waals surface area (Å²) in [6.07, 6.45) is -8.15. The summed E-state index contributed by atoms with van der Waals surface area (Å²) in [4.78, 5) is 46.5. The fraction of sp³-hybridized carbons (Fsp3) is 0.759. The van der Waals surface area contributed by atoms with Crippen molar-refractivity contribution in [3.8, 4) is 0 Å². The Morgan fingerprint density at radius 2 is 1.59 bits per heavy atom. The number of amides is 2. The smallest absolute Gasteiger partial charge is 0.321 e. The van der Waals surface area contributed by atoms with Gasteiger partial charge in [-0.2, -0.15) is 0 Å². The summed E-state index contributed by atoms with van der Waals surface area (Å²) in [7, 11) is 5.22. The van der Waals surface area contributed by atoms with Gasteiger partial charge in [-0.05, 0) is 140 Å². The third-order valence-electron chi connectivity index (χ3n) is 15.5. The van der Waals surface area contributed by atoms with Gasteiger partial charge in [-0.3, -0.25) is 14.5 Å². The Kier molecular flexibility index (Phi) is 22.4. The molecule has 0 bridgehead atoms. The zero-order chi connectivity index (χ0) is 55.0. The normalized spacial score (nSPS) is 38.2. The molecule has 3 saturated heterocycles. The number of hydrogen-bond acceptors (Lipinski definition) is 17. The number of aliphatic hydroxyl groups excluding tert-OH is 3. The number of ether oxygens (including phenoxy) is 7. The predicted molar refractivity (Wildman–Crippen MR) is 287 cm³/mol. The molecule has 0 radical (unpaired) electrons. The number of nitrogens with one attached hydrogen (secondary N) is 1. The standard InChI is InChI=1S/C54H87IN4O15/c1-14-69-41(60)22-25-58(51(65)56-39-21-20-37-18-15-16-19-38(37)27-39)23-17-24-59-30-31(2)28-52(8,66)47(73-49-43(61)40(57(11)12)26-32(3)70-49)33(4)44(72-42-29-53(9,68-13)46(63)36(7)71-42)34(5)48(64)74-50(55)54(10,67)45(62)35(59)6/h15-16,18-21,27,31-36,40,42-47,49-50,61-63,66-67H,14,17,22-26,28-30H2,1-13H3,(H,56,65)/t31-,32-,33+,34-,35-,36+,40+,42+,43-,44+,45-,46+,47-,49+,50+,52-,53-,54+/m1/s1. The molecule has 420 valence electrons. The number of esters is 2. The maximum atomic E-state index is 14.5. The van der Waals surface area contributed by atoms with E-state index in [1.54, 1.807) is 53.4 Å². The lowest BCUT2D eigenvalue weighted by Crippen LogP contribution is -2.60. The summed E-state index contributed by atoms with van der Waals surface area (Å²) in [5.74, 6) is -3.53. The number of urea groups is 1. The van der Waals surface area contributed by atoms with Gasteiger partial charge in [0, 0.05) is 63.4 Å². The van der Waals surface area contributed by atoms with Gasteiger partial charge in [0.2, 0.25) is 0 Å². The van der Waals surface area contributed by atoms with Crippen molar-refractivity contribution < 1.29 is 73.1 Å². The lowest BCUT2D eigenvalue weighted by atomic mass is 9.77. The number of fused-ring (bicyclic) bond motifs is 1. The molecule has 74 heavy (non-hydrogen) atoms. The zero-order valence-corrected chi connectivity index (χ0v) is 48.0. The van der Waals surface area contributed by atoms with Crippen LogP contribution in [0.5, 0.6) is 0 Å². The van der Waals surface area contributed by atoms with Crippen LogP contribution in [0.3, 0.4) is 0 Å². The van der Waals surface area contributed by atoms with Crippen molar-refractivity contribution in [1.82, 2.24) is 14.7 Å². The van der Waals surface area contributed by atoms with E-state index in [9.17, 15) is 39.9 Å². The fourth-order valence-electron chi connectivity index (χ4n) is 11.0. The highest BCUT2D eigenvalue weighted by molar-refractivity contribution is 14.1. The number of rotatable bonds is 15. The summed E-state index contributed by atoms with van der Waals surface area (Å²) in [6, 6.07) is 11.9. The second-order valence-electron chi connectivity index (χ2n) is 22.0. The Bertz CT molecular complexity index is 2140. The number of alkyl halides is 1. The van der Waals surface area contributed by atoms with Crippen LogP contribution in [0.25, 0.3) is 10.8 Å². The first kappa shape index (κ1) is 62.0. The van der Waals surface area contributed by atoms with Crippen LogP contribution in [0.4, 0.5) is 10.5 Å². The molecule has 0 aromatic heterocycles. The summed E-state index contributed by atoms with van der Waals surface area (Å²) in [5, 5.41) is 65.2. The molecular weight excluding hydrogens is 1070 g/mol. The highest BCUT2D eigenvalue weighted by atomic mass is 127. The lowest BCUT2D eigenvalue weighted by molar-refractivity contribution is -0.317. The number of aliphatic hydroxyl groups is 5. The molecule has 6 N–H and O–H groups in total. The van der Waals surface area contributed by atoms with Gasteiger partial charge in [0.05, 0.1) is 54.6 Å². The second kappa shape index (κ2) is 26.7. The van der Waals surface area contributed by atoms with Crippen LogP contribution in [0.2, 0.25) is 0 Å². The SMILES string of the molecule is CCOC(=O)CCN(CCCN1C[C@H](C)C[C@@](C)(O)[C@H](O[C@@H]2O[C@H](C)C[C@H](N(C)C)[C@H]2O)[C@@H](C)[C@H](O[C@H]2C[C@@](C)(OC)[C@@H](O)[C@H](C)O2)[C@@H](C)C(=O)O[C@H](I)[C@@](C)(O)[C@H](O)[C@H]1C)C(=O)Nc1ccc2ccccc2c1. The van der Waals surface area contributed by atoms with Crippen molar-refractivity contribution in [2.45, 2.75) is 190 Å². The largest absolute Gasteiger partial charge is 0.466 e. The van der Waals surface area contributed by atoms with Gasteiger partial charge in [-0.25, -0.2) is 4.79 Å². The zero-order valence-electron chi connectivity index (χ0n) is 45.8. The van der Waals surface area contributed by atoms with Gasteiger partial charge in [0.25, 0.3) is 0 Å². The number of halogens is 1. The van der Waals surface area contributed by atoms with Crippen molar-refractivity contribution in [3.63, 3.8) is 0 Å². The minimum atomic E-state index is -2.01. The highest BCUT2D eigenvalue weighted by Crippen LogP contribution is 2.40. The van der Waals surface area contributed by atoms with E-state index < -0.39 is 106 Å². The van der Waals surface area contributed by atoms with Crippen LogP contribution in [-0.2, 0) is 42.7 Å². The van der Waals surface area contributed by atoms with Gasteiger partial charge in [0.15, 0.2) is 16.7 Å². The minimum Gasteiger partial charge on any atom is -0.466 e. The molecule has 0 spiro atoms. The quantitative estimate of drug-likeness (QED) is 0.0755. The van der Waals surface area contributed by atoms with E-state index >= 15 is 0 Å². The van der Waals surface area contributed by atoms with Crippen molar-refractivity contribution in [1.29, 1.82) is 0 Å². The van der Waals surface area contributed by atoms with Crippen LogP contribution < -0.4 is 5.32 Å². The number of likely N-dealkylation sites (N-methyl/N-ethyl adjacent to an activating group) is 1. The first-order valence-corrected chi connectivity index (χ1v) is 27.5. The Balaban J connectivity index is 1.50. The molecule has 0 saturated carbocycles. The average Bonchev–Trinajstić information content (AvgIpc) is 3.33. The number of nitrogens with zero attached hydrogens (tertiary/aromatic N) is 3. The number of carbonyl (C=O) groups excluding carboxylic acids is 3. The Labute approximate surface area is 451 Å². The first-order valence-electron chi connectivity index (χ1n) is 26.2. The lowest BCUT2D eigenvalue weighted by Gasteiger charge is -2.48. The Hall–Kier alpha value is -2.84. The van der Waals surface area contributed by atoms with Crippen molar-refractivity contribution >= 4 is 57.0 Å². The number of methoxy groups -OCH3 is 1. The van der Waals surface area contributed by atoms with Crippen LogP contribution in [-0.4, -0.2) is 200 Å². The molecule has 20 heteroatoms. The molecule has 18 atom stereocenters. The van der Waals surface area contributed by atoms with Gasteiger partial charge in [-0.1, -0.05) is 44.2 Å². The van der Waals surface area contributed by atoms with E-state index in [2.05, 4.69) is 5.32 Å². The molecule has 3 aliphatic rings. The second-order valence-corrected chi connectivity index (χ2v) is 23.2. The third-order valence-corrected chi connectivity index (χ3v) is 17.0. The predicted octanol–water partition coefficient (Wildman–Crippen LogP) is 5.28. The summed E-state index contributed by atoms with van der Waals surface area (Å²) in [6.45, 7) is 18.2. The van der Waals surface area contributed by atoms with Crippen LogP contribution in [0.1, 0.15) is 101 Å². The molecular formula is C54H87IN4O15. The van der Waals surface area contributed by atoms with Gasteiger partial charge in [-0.15, -0.1) is 0 Å². The van der Waals surface area contributed by atoms with Crippen LogP contribution in [0, 0.1) is 17.8 Å². The summed E-state index contributed by atoms with van der Waals surface area (Å²) in [5.41, 5.74) is -4.22. The summed E-state index contributed by atoms with van der Waals surface area (Å²) < 4.78 is 41.9. The maximum absolute atomic E-state index is 14.5. The molecule has 0 aliphatic carbocycles. The molecule has 0 unspecified atom stereocenters. The maximum Gasteiger partial charge on any atom is 0.321 e. The van der Waals surface area contributed by atoms with E-state index in [0.717, 1.165) is 10.8 Å². The molecule has 5 rings (SSSR count). The molecule has 19 nitrogen and oxygen atoms in total. The number of carbonyl (C=O) groups is 3. The number of benzene rings is 2. The van der Waals surface area contributed by atoms with Crippen molar-refractivity contribution in [2.24, 2.45) is 17.8 Å². The van der Waals surface area contributed by atoms with Crippen molar-refractivity contribution in [3.05, 3.63) is 42.5 Å². The number of hydrogen-bond donors (Lipinski definition) is 6. The van der Waals surface area contributed by atoms with E-state index in [1.165, 1.54) is 14.0 Å². The Morgan fingerprint density at radius 1 is 0.919 bits per heavy atom.